The number of ether oxygens (including phenoxy) is 4. The van der Waals surface area contributed by atoms with Gasteiger partial charge in [-0.3, -0.25) is 0 Å². The maximum absolute atomic E-state index is 13.9. The van der Waals surface area contributed by atoms with E-state index in [-0.39, 0.29) is 0 Å². The summed E-state index contributed by atoms with van der Waals surface area (Å²) >= 11 is 0. The quantitative estimate of drug-likeness (QED) is 0.691. The van der Waals surface area contributed by atoms with Crippen LogP contribution in [-0.4, -0.2) is 23.9 Å². The van der Waals surface area contributed by atoms with Crippen molar-refractivity contribution in [2.24, 2.45) is 0 Å². The van der Waals surface area contributed by atoms with E-state index in [1.807, 2.05) is 0 Å². The summed E-state index contributed by atoms with van der Waals surface area (Å²) in [4.78, 5) is 0. The van der Waals surface area contributed by atoms with Gasteiger partial charge in [0.25, 0.3) is 0 Å². The predicted molar refractivity (Wildman–Crippen MR) is 45.0 cm³/mol. The Balaban J connectivity index is 2.37. The molecule has 2 saturated heterocycles. The summed E-state index contributed by atoms with van der Waals surface area (Å²) in [6, 6.07) is 0. The lowest BCUT2D eigenvalue weighted by molar-refractivity contribution is -0.347. The molecular weight excluding hydrogens is 362 g/mol. The summed E-state index contributed by atoms with van der Waals surface area (Å²) in [5, 5.41) is 0. The minimum atomic E-state index is -5.36. The zero-order valence-electron chi connectivity index (χ0n) is 10.1. The zero-order chi connectivity index (χ0) is 17.8. The van der Waals surface area contributed by atoms with Crippen LogP contribution in [0.4, 0.5) is 43.9 Å². The number of rotatable bonds is 2. The van der Waals surface area contributed by atoms with Crippen LogP contribution >= 0.6 is 0 Å². The molecule has 0 saturated carbocycles. The van der Waals surface area contributed by atoms with Gasteiger partial charge >= 0.3 is 48.0 Å². The van der Waals surface area contributed by atoms with Crippen molar-refractivity contribution >= 4 is 0 Å². The zero-order valence-corrected chi connectivity index (χ0v) is 10.1. The van der Waals surface area contributed by atoms with Crippen LogP contribution in [-0.2, 0) is 18.9 Å². The average molecular weight is 364 g/mol. The molecule has 4 nitrogen and oxygen atoms in total. The van der Waals surface area contributed by atoms with Crippen molar-refractivity contribution in [3.05, 3.63) is 24.1 Å². The van der Waals surface area contributed by atoms with Gasteiger partial charge in [0.1, 0.15) is 6.42 Å². The van der Waals surface area contributed by atoms with E-state index in [1.54, 1.807) is 0 Å². The molecule has 0 aromatic heterocycles. The molecule has 2 rings (SSSR count). The van der Waals surface area contributed by atoms with Gasteiger partial charge in [-0.05, 0) is 0 Å². The molecule has 0 aromatic carbocycles. The molecule has 0 aliphatic carbocycles. The molecular formula is C9H2F10O4. The van der Waals surface area contributed by atoms with Crippen LogP contribution in [0.25, 0.3) is 0 Å². The molecule has 23 heavy (non-hydrogen) atoms. The molecule has 2 fully saturated rings. The molecule has 0 spiro atoms. The maximum atomic E-state index is 13.9. The molecule has 2 heterocycles. The van der Waals surface area contributed by atoms with E-state index >= 15 is 0 Å². The van der Waals surface area contributed by atoms with Crippen LogP contribution in [0.1, 0.15) is 6.42 Å². The molecule has 2 unspecified atom stereocenters. The number of halogens is 10. The van der Waals surface area contributed by atoms with Gasteiger partial charge in [0.2, 0.25) is 0 Å². The fourth-order valence-corrected chi connectivity index (χ4v) is 1.56. The first-order valence-electron chi connectivity index (χ1n) is 5.23. The lowest BCUT2D eigenvalue weighted by Gasteiger charge is -2.28. The maximum Gasteiger partial charge on any atom is 0.473 e. The van der Waals surface area contributed by atoms with Gasteiger partial charge in [0.15, 0.2) is 0 Å². The molecule has 0 radical (unpaired) electrons. The molecule has 0 aromatic rings. The van der Waals surface area contributed by atoms with Crippen molar-refractivity contribution < 1.29 is 62.9 Å². The Morgan fingerprint density at radius 2 is 0.913 bits per heavy atom. The van der Waals surface area contributed by atoms with E-state index < -0.39 is 54.4 Å². The summed E-state index contributed by atoms with van der Waals surface area (Å²) < 4.78 is 142. The van der Waals surface area contributed by atoms with Crippen LogP contribution in [0, 0.1) is 0 Å². The van der Waals surface area contributed by atoms with Crippen molar-refractivity contribution in [1.29, 1.82) is 0 Å². The third kappa shape index (κ3) is 2.59. The van der Waals surface area contributed by atoms with E-state index in [0.717, 1.165) is 0 Å². The smallest absolute Gasteiger partial charge is 0.414 e. The lowest BCUT2D eigenvalue weighted by atomic mass is 10.1. The number of hydrogen-bond donors (Lipinski definition) is 0. The van der Waals surface area contributed by atoms with Gasteiger partial charge < -0.3 is 18.9 Å². The molecule has 0 N–H and O–H groups in total. The van der Waals surface area contributed by atoms with E-state index in [9.17, 15) is 43.9 Å². The summed E-state index contributed by atoms with van der Waals surface area (Å²) in [6.45, 7) is 0. The number of hydrogen-bond acceptors (Lipinski definition) is 4. The summed E-state index contributed by atoms with van der Waals surface area (Å²) in [5.74, 6) is -14.6. The average Bonchev–Trinajstić information content (AvgIpc) is 2.71. The molecule has 14 heteroatoms. The van der Waals surface area contributed by atoms with Crippen LogP contribution in [0.5, 0.6) is 0 Å². The van der Waals surface area contributed by atoms with E-state index in [1.165, 1.54) is 0 Å². The highest BCUT2D eigenvalue weighted by Gasteiger charge is 2.78. The second-order valence-corrected chi connectivity index (χ2v) is 4.17. The Morgan fingerprint density at radius 3 is 1.13 bits per heavy atom. The third-order valence-corrected chi connectivity index (χ3v) is 2.58. The summed E-state index contributed by atoms with van der Waals surface area (Å²) in [5.41, 5.74) is 0. The van der Waals surface area contributed by atoms with Crippen LogP contribution in [0.3, 0.4) is 0 Å². The van der Waals surface area contributed by atoms with Gasteiger partial charge in [-0.15, -0.1) is 0 Å². The Labute approximate surface area is 118 Å². The van der Waals surface area contributed by atoms with E-state index in [4.69, 9.17) is 0 Å². The minimum Gasteiger partial charge on any atom is -0.414 e. The second kappa shape index (κ2) is 4.74. The molecule has 132 valence electrons. The fraction of sp³-hybridized carbons (Fsp3) is 0.556. The third-order valence-electron chi connectivity index (χ3n) is 2.58. The first kappa shape index (κ1) is 17.3. The van der Waals surface area contributed by atoms with Crippen molar-refractivity contribution in [2.45, 2.75) is 30.3 Å². The highest BCUT2D eigenvalue weighted by atomic mass is 19.3. The molecule has 0 amide bonds. The highest BCUT2D eigenvalue weighted by molar-refractivity contribution is 5.05. The highest BCUT2D eigenvalue weighted by Crippen LogP contribution is 2.56. The van der Waals surface area contributed by atoms with Crippen molar-refractivity contribution in [3.63, 3.8) is 0 Å². The normalized spacial score (nSPS) is 34.3. The SMILES string of the molecule is FC(F)=C1OC(F)(F)C(F)(CC2(F)OC(=C(F)F)OC2(F)F)O1. The Kier molecular flexibility index (Phi) is 3.57. The van der Waals surface area contributed by atoms with Gasteiger partial charge in [0.05, 0.1) is 0 Å². The number of alkyl halides is 6. The standard InChI is InChI=1S/C9H2F10O4/c10-2(11)4-20-6(14,8(16,17)22-4)1-7(15)9(18,19)23-5(21-7)3(12)13/h1H2. The van der Waals surface area contributed by atoms with Gasteiger partial charge in [-0.1, -0.05) is 0 Å². The monoisotopic (exact) mass is 364 g/mol. The molecule has 2 atom stereocenters. The van der Waals surface area contributed by atoms with Crippen LogP contribution < -0.4 is 0 Å². The predicted octanol–water partition coefficient (Wildman–Crippen LogP) is 4.12. The van der Waals surface area contributed by atoms with E-state index in [0.29, 0.717) is 0 Å². The van der Waals surface area contributed by atoms with Gasteiger partial charge in [-0.2, -0.15) is 43.9 Å². The Bertz CT molecular complexity index is 531. The minimum absolute atomic E-state index is 2.39. The second-order valence-electron chi connectivity index (χ2n) is 4.17. The largest absolute Gasteiger partial charge is 0.473 e. The molecule has 0 bridgehead atoms. The van der Waals surface area contributed by atoms with Crippen molar-refractivity contribution in [1.82, 2.24) is 0 Å². The van der Waals surface area contributed by atoms with Crippen LogP contribution in [0.2, 0.25) is 0 Å². The van der Waals surface area contributed by atoms with Crippen LogP contribution in [0.15, 0.2) is 24.1 Å². The van der Waals surface area contributed by atoms with Crippen molar-refractivity contribution in [3.8, 4) is 0 Å². The molecule has 2 aliphatic heterocycles. The topological polar surface area (TPSA) is 36.9 Å². The Hall–Kier alpha value is -2.02. The van der Waals surface area contributed by atoms with Gasteiger partial charge in [-0.25, -0.2) is 0 Å². The van der Waals surface area contributed by atoms with Crippen molar-refractivity contribution in [2.75, 3.05) is 0 Å². The summed E-state index contributed by atoms with van der Waals surface area (Å²) in [6.07, 6.45) is -19.8. The molecule has 2 aliphatic rings. The summed E-state index contributed by atoms with van der Waals surface area (Å²) in [7, 11) is 0. The van der Waals surface area contributed by atoms with Gasteiger partial charge in [0, 0.05) is 0 Å². The Morgan fingerprint density at radius 1 is 0.609 bits per heavy atom. The first-order chi connectivity index (χ1) is 10.2. The fourth-order valence-electron chi connectivity index (χ4n) is 1.56. The first-order valence-corrected chi connectivity index (χ1v) is 5.23. The lowest BCUT2D eigenvalue weighted by Crippen LogP contribution is -2.52. The van der Waals surface area contributed by atoms with E-state index in [2.05, 4.69) is 18.9 Å².